The first-order valence-corrected chi connectivity index (χ1v) is 6.89. The van der Waals surface area contributed by atoms with Crippen molar-refractivity contribution >= 4 is 28.3 Å². The molecule has 0 saturated carbocycles. The van der Waals surface area contributed by atoms with Gasteiger partial charge in [0.15, 0.2) is 0 Å². The molecule has 1 rings (SSSR count). The van der Waals surface area contributed by atoms with Gasteiger partial charge in [-0.05, 0) is 55.0 Å². The third-order valence-electron chi connectivity index (χ3n) is 2.59. The Hall–Kier alpha value is -0.760. The summed E-state index contributed by atoms with van der Waals surface area (Å²) in [5, 5.41) is 14.2. The molecular formula is C12H16FIN2O2. The van der Waals surface area contributed by atoms with Crippen molar-refractivity contribution in [2.45, 2.75) is 32.7 Å². The quantitative estimate of drug-likeness (QED) is 0.478. The minimum Gasteiger partial charge on any atom is -0.314 e. The maximum Gasteiger partial charge on any atom is 0.273 e. The van der Waals surface area contributed by atoms with E-state index in [1.165, 1.54) is 12.1 Å². The fourth-order valence-electron chi connectivity index (χ4n) is 1.70. The van der Waals surface area contributed by atoms with Gasteiger partial charge in [-0.15, -0.1) is 0 Å². The lowest BCUT2D eigenvalue weighted by molar-refractivity contribution is -0.385. The Morgan fingerprint density at radius 2 is 2.22 bits per heavy atom. The Labute approximate surface area is 119 Å². The molecule has 0 aromatic heterocycles. The average molecular weight is 366 g/mol. The molecule has 6 heteroatoms. The molecule has 1 aromatic carbocycles. The van der Waals surface area contributed by atoms with Crippen LogP contribution in [0.2, 0.25) is 0 Å². The molecule has 0 spiro atoms. The zero-order valence-electron chi connectivity index (χ0n) is 10.4. The first-order chi connectivity index (χ1) is 8.45. The summed E-state index contributed by atoms with van der Waals surface area (Å²) in [4.78, 5) is 10.5. The number of benzene rings is 1. The van der Waals surface area contributed by atoms with Gasteiger partial charge in [-0.2, -0.15) is 0 Å². The van der Waals surface area contributed by atoms with Crippen molar-refractivity contribution in [1.29, 1.82) is 0 Å². The summed E-state index contributed by atoms with van der Waals surface area (Å²) in [6, 6.07) is 2.64. The second kappa shape index (κ2) is 6.98. The van der Waals surface area contributed by atoms with Crippen LogP contribution in [0.1, 0.15) is 25.8 Å². The number of nitro benzene ring substituents is 1. The predicted octanol–water partition coefficient (Wildman–Crippen LogP) is 3.27. The monoisotopic (exact) mass is 366 g/mol. The van der Waals surface area contributed by atoms with E-state index in [1.807, 2.05) is 13.8 Å². The topological polar surface area (TPSA) is 55.2 Å². The molecule has 0 radical (unpaired) electrons. The average Bonchev–Trinajstić information content (AvgIpc) is 2.30. The van der Waals surface area contributed by atoms with Crippen LogP contribution in [-0.2, 0) is 6.42 Å². The first-order valence-electron chi connectivity index (χ1n) is 5.81. The highest BCUT2D eigenvalue weighted by atomic mass is 127. The molecule has 0 aliphatic heterocycles. The largest absolute Gasteiger partial charge is 0.314 e. The van der Waals surface area contributed by atoms with Crippen LogP contribution in [0.25, 0.3) is 0 Å². The molecule has 100 valence electrons. The van der Waals surface area contributed by atoms with Gasteiger partial charge in [-0.25, -0.2) is 4.39 Å². The summed E-state index contributed by atoms with van der Waals surface area (Å²) in [5.74, 6) is -0.404. The fraction of sp³-hybridized carbons (Fsp3) is 0.500. The second-order valence-electron chi connectivity index (χ2n) is 4.21. The summed E-state index contributed by atoms with van der Waals surface area (Å²) in [6.07, 6.45) is 1.44. The SMILES string of the molecule is CCCNC(C)Cc1cc(F)c(I)cc1[N+](=O)[O-]. The minimum absolute atomic E-state index is 0.00838. The summed E-state index contributed by atoms with van der Waals surface area (Å²) in [5.41, 5.74) is 0.431. The molecule has 1 N–H and O–H groups in total. The molecule has 0 bridgehead atoms. The molecule has 0 aliphatic carbocycles. The Bertz CT molecular complexity index is 440. The Morgan fingerprint density at radius 1 is 1.56 bits per heavy atom. The van der Waals surface area contributed by atoms with Gasteiger partial charge in [0.05, 0.1) is 8.49 Å². The molecule has 1 aromatic rings. The Kier molecular flexibility index (Phi) is 5.94. The van der Waals surface area contributed by atoms with Crippen LogP contribution in [0, 0.1) is 19.5 Å². The molecule has 0 fully saturated rings. The molecular weight excluding hydrogens is 350 g/mol. The van der Waals surface area contributed by atoms with Crippen LogP contribution in [0.15, 0.2) is 12.1 Å². The maximum absolute atomic E-state index is 13.5. The van der Waals surface area contributed by atoms with Crippen LogP contribution in [-0.4, -0.2) is 17.5 Å². The number of nitrogens with one attached hydrogen (secondary N) is 1. The lowest BCUT2D eigenvalue weighted by atomic mass is 10.0. The van der Waals surface area contributed by atoms with Crippen LogP contribution in [0.3, 0.4) is 0 Å². The van der Waals surface area contributed by atoms with E-state index in [-0.39, 0.29) is 15.3 Å². The summed E-state index contributed by atoms with van der Waals surface area (Å²) in [6.45, 7) is 4.84. The number of nitrogens with zero attached hydrogens (tertiary/aromatic N) is 1. The van der Waals surface area contributed by atoms with Crippen molar-refractivity contribution < 1.29 is 9.31 Å². The first kappa shape index (κ1) is 15.3. The number of hydrogen-bond acceptors (Lipinski definition) is 3. The van der Waals surface area contributed by atoms with Gasteiger partial charge in [-0.3, -0.25) is 10.1 Å². The molecule has 18 heavy (non-hydrogen) atoms. The van der Waals surface area contributed by atoms with Gasteiger partial charge in [-0.1, -0.05) is 6.92 Å². The minimum atomic E-state index is -0.455. The highest BCUT2D eigenvalue weighted by molar-refractivity contribution is 14.1. The van der Waals surface area contributed by atoms with E-state index in [4.69, 9.17) is 0 Å². The van der Waals surface area contributed by atoms with E-state index in [0.29, 0.717) is 12.0 Å². The standard InChI is InChI=1S/C12H16FIN2O2/c1-3-4-15-8(2)5-9-6-10(13)11(14)7-12(9)16(17)18/h6-8,15H,3-5H2,1-2H3. The zero-order chi connectivity index (χ0) is 13.7. The molecule has 0 heterocycles. The fourth-order valence-corrected chi connectivity index (χ4v) is 2.15. The van der Waals surface area contributed by atoms with Crippen molar-refractivity contribution in [3.8, 4) is 0 Å². The van der Waals surface area contributed by atoms with E-state index in [2.05, 4.69) is 5.32 Å². The van der Waals surface area contributed by atoms with Crippen LogP contribution < -0.4 is 5.32 Å². The Balaban J connectivity index is 2.93. The third kappa shape index (κ3) is 4.16. The van der Waals surface area contributed by atoms with Gasteiger partial charge >= 0.3 is 0 Å². The molecule has 0 amide bonds. The summed E-state index contributed by atoms with van der Waals surface area (Å²) >= 11 is 1.76. The van der Waals surface area contributed by atoms with Crippen molar-refractivity contribution in [3.05, 3.63) is 37.2 Å². The second-order valence-corrected chi connectivity index (χ2v) is 5.37. The van der Waals surface area contributed by atoms with E-state index in [1.54, 1.807) is 22.6 Å². The number of halogens is 2. The van der Waals surface area contributed by atoms with E-state index >= 15 is 0 Å². The lowest BCUT2D eigenvalue weighted by Crippen LogP contribution is -2.29. The van der Waals surface area contributed by atoms with Gasteiger partial charge in [0.1, 0.15) is 5.82 Å². The lowest BCUT2D eigenvalue weighted by Gasteiger charge is -2.13. The number of hydrogen-bond donors (Lipinski definition) is 1. The highest BCUT2D eigenvalue weighted by Gasteiger charge is 2.18. The van der Waals surface area contributed by atoms with Crippen LogP contribution in [0.5, 0.6) is 0 Å². The molecule has 1 unspecified atom stereocenters. The molecule has 0 aliphatic rings. The van der Waals surface area contributed by atoms with Crippen molar-refractivity contribution in [2.75, 3.05) is 6.54 Å². The zero-order valence-corrected chi connectivity index (χ0v) is 12.5. The van der Waals surface area contributed by atoms with Gasteiger partial charge in [0, 0.05) is 17.7 Å². The van der Waals surface area contributed by atoms with Crippen molar-refractivity contribution in [3.63, 3.8) is 0 Å². The van der Waals surface area contributed by atoms with Crippen LogP contribution in [0.4, 0.5) is 10.1 Å². The predicted molar refractivity (Wildman–Crippen MR) is 77.2 cm³/mol. The Morgan fingerprint density at radius 3 is 2.78 bits per heavy atom. The molecule has 0 saturated heterocycles. The normalized spacial score (nSPS) is 12.4. The smallest absolute Gasteiger partial charge is 0.273 e. The number of nitro groups is 1. The van der Waals surface area contributed by atoms with E-state index in [0.717, 1.165) is 13.0 Å². The highest BCUT2D eigenvalue weighted by Crippen LogP contribution is 2.25. The van der Waals surface area contributed by atoms with Crippen molar-refractivity contribution in [1.82, 2.24) is 5.32 Å². The number of rotatable bonds is 6. The van der Waals surface area contributed by atoms with Gasteiger partial charge < -0.3 is 5.32 Å². The maximum atomic E-state index is 13.5. The van der Waals surface area contributed by atoms with Crippen LogP contribution >= 0.6 is 22.6 Å². The van der Waals surface area contributed by atoms with E-state index in [9.17, 15) is 14.5 Å². The van der Waals surface area contributed by atoms with E-state index < -0.39 is 10.7 Å². The van der Waals surface area contributed by atoms with Crippen molar-refractivity contribution in [2.24, 2.45) is 0 Å². The summed E-state index contributed by atoms with van der Waals surface area (Å²) in [7, 11) is 0. The van der Waals surface area contributed by atoms with Gasteiger partial charge in [0.25, 0.3) is 5.69 Å². The van der Waals surface area contributed by atoms with Gasteiger partial charge in [0.2, 0.25) is 0 Å². The third-order valence-corrected chi connectivity index (χ3v) is 3.41. The summed E-state index contributed by atoms with van der Waals surface area (Å²) < 4.78 is 13.7. The molecule has 4 nitrogen and oxygen atoms in total. The molecule has 1 atom stereocenters.